The minimum atomic E-state index is -3.72. The Morgan fingerprint density at radius 3 is 1.38 bits per heavy atom. The van der Waals surface area contributed by atoms with Gasteiger partial charge in [0.25, 0.3) is 0 Å². The summed E-state index contributed by atoms with van der Waals surface area (Å²) >= 11 is 0. The van der Waals surface area contributed by atoms with Gasteiger partial charge in [0.15, 0.2) is 0 Å². The molecule has 10 heteroatoms. The molecule has 0 saturated heterocycles. The van der Waals surface area contributed by atoms with Crippen molar-refractivity contribution >= 4 is 19.9 Å². The van der Waals surface area contributed by atoms with Gasteiger partial charge in [-0.2, -0.15) is 0 Å². The van der Waals surface area contributed by atoms with Crippen LogP contribution in [0.1, 0.15) is 74.1 Å². The van der Waals surface area contributed by atoms with E-state index >= 15 is 0 Å². The van der Waals surface area contributed by atoms with E-state index in [1.54, 1.807) is 0 Å². The number of hydrogen-bond donors (Lipinski definition) is 0. The second-order valence-corrected chi connectivity index (χ2v) is 9.78. The smallest absolute Gasteiger partial charge is 0.431 e. The summed E-state index contributed by atoms with van der Waals surface area (Å²) in [7, 11) is -3.72. The molecule has 172 valence electrons. The van der Waals surface area contributed by atoms with Crippen molar-refractivity contribution in [1.82, 2.24) is 0 Å². The summed E-state index contributed by atoms with van der Waals surface area (Å²) in [5.41, 5.74) is -0.415. The first-order chi connectivity index (χ1) is 13.5. The Morgan fingerprint density at radius 1 is 0.759 bits per heavy atom. The summed E-state index contributed by atoms with van der Waals surface area (Å²) in [5.74, 6) is 0. The van der Waals surface area contributed by atoms with E-state index < -0.39 is 38.9 Å². The number of carbonyl (C=O) groups is 2. The van der Waals surface area contributed by atoms with Crippen LogP contribution in [0.5, 0.6) is 0 Å². The zero-order valence-corrected chi connectivity index (χ0v) is 19.6. The first-order valence-corrected chi connectivity index (χ1v) is 11.8. The molecule has 0 amide bonds. The number of rotatable bonds is 13. The fourth-order valence-corrected chi connectivity index (χ4v) is 4.12. The van der Waals surface area contributed by atoms with Crippen molar-refractivity contribution < 1.29 is 42.1 Å². The van der Waals surface area contributed by atoms with E-state index in [2.05, 4.69) is 0 Å². The van der Waals surface area contributed by atoms with Gasteiger partial charge in [-0.15, -0.1) is 0 Å². The number of ether oxygens (including phenoxy) is 4. The molecule has 0 radical (unpaired) electrons. The largest absolute Gasteiger partial charge is 0.510 e. The van der Waals surface area contributed by atoms with E-state index in [1.165, 1.54) is 0 Å². The Kier molecular flexibility index (Phi) is 13.2. The van der Waals surface area contributed by atoms with Crippen LogP contribution < -0.4 is 0 Å². The molecule has 0 unspecified atom stereocenters. The van der Waals surface area contributed by atoms with Crippen molar-refractivity contribution in [2.45, 2.75) is 86.4 Å². The van der Waals surface area contributed by atoms with Crippen LogP contribution >= 0.6 is 7.60 Å². The molecule has 29 heavy (non-hydrogen) atoms. The Morgan fingerprint density at radius 2 is 1.10 bits per heavy atom. The lowest BCUT2D eigenvalue weighted by molar-refractivity contribution is -0.0370. The van der Waals surface area contributed by atoms with Gasteiger partial charge >= 0.3 is 19.9 Å². The summed E-state index contributed by atoms with van der Waals surface area (Å²) in [6.07, 6.45) is 0.312. The quantitative estimate of drug-likeness (QED) is 0.198. The first kappa shape index (κ1) is 27.7. The number of carbonyl (C=O) groups excluding carboxylic acids is 2. The maximum absolute atomic E-state index is 13.0. The molecule has 0 aliphatic carbocycles. The van der Waals surface area contributed by atoms with Crippen molar-refractivity contribution in [1.29, 1.82) is 0 Å². The van der Waals surface area contributed by atoms with Crippen molar-refractivity contribution in [3.8, 4) is 0 Å². The van der Waals surface area contributed by atoms with Crippen molar-refractivity contribution in [3.63, 3.8) is 0 Å². The molecule has 0 bridgehead atoms. The van der Waals surface area contributed by atoms with Crippen LogP contribution in [0.15, 0.2) is 0 Å². The van der Waals surface area contributed by atoms with E-state index in [1.807, 2.05) is 48.5 Å². The molecule has 0 fully saturated rings. The lowest BCUT2D eigenvalue weighted by Crippen LogP contribution is -2.21. The zero-order chi connectivity index (χ0) is 22.5. The molecule has 0 aromatic rings. The molecule has 0 N–H and O–H groups in total. The van der Waals surface area contributed by atoms with Crippen LogP contribution in [-0.4, -0.2) is 44.3 Å². The van der Waals surface area contributed by atoms with E-state index in [0.717, 1.165) is 0 Å². The average molecular weight is 440 g/mol. The van der Waals surface area contributed by atoms with Gasteiger partial charge in [-0.1, -0.05) is 48.5 Å². The van der Waals surface area contributed by atoms with Crippen LogP contribution in [0.2, 0.25) is 0 Å². The summed E-state index contributed by atoms with van der Waals surface area (Å²) < 4.78 is 43.2. The molecule has 0 aliphatic rings. The maximum atomic E-state index is 13.0. The molecule has 0 heterocycles. The second-order valence-electron chi connectivity index (χ2n) is 7.72. The molecule has 0 aromatic heterocycles. The normalized spacial score (nSPS) is 12.2. The first-order valence-electron chi connectivity index (χ1n) is 10.0. The van der Waals surface area contributed by atoms with E-state index in [-0.39, 0.29) is 18.4 Å². The predicted octanol–water partition coefficient (Wildman–Crippen LogP) is 5.86. The monoisotopic (exact) mass is 440 g/mol. The van der Waals surface area contributed by atoms with Crippen LogP contribution in [0.4, 0.5) is 9.59 Å². The molecule has 0 aromatic carbocycles. The van der Waals surface area contributed by atoms with Gasteiger partial charge in [0.2, 0.25) is 13.6 Å². The summed E-state index contributed by atoms with van der Waals surface area (Å²) in [4.78, 5) is 23.3. The molecule has 0 atom stereocenters. The standard InChI is InChI=1S/C19H37O9P/c1-8-15(9-2)27-17(20)23-13-25-29(22,12-19(5,6)7)26-14-24-18(21)28-16(10-3)11-4/h15-16H,8-14H2,1-7H3. The maximum Gasteiger partial charge on any atom is 0.510 e. The predicted molar refractivity (Wildman–Crippen MR) is 108 cm³/mol. The molecular formula is C19H37O9P. The van der Waals surface area contributed by atoms with E-state index in [0.29, 0.717) is 25.7 Å². The molecule has 0 aliphatic heterocycles. The highest BCUT2D eigenvalue weighted by Gasteiger charge is 2.32. The molecular weight excluding hydrogens is 403 g/mol. The minimum absolute atomic E-state index is 0.0237. The van der Waals surface area contributed by atoms with E-state index in [4.69, 9.17) is 28.0 Å². The highest BCUT2D eigenvalue weighted by molar-refractivity contribution is 7.53. The van der Waals surface area contributed by atoms with Gasteiger partial charge in [0, 0.05) is 0 Å². The summed E-state index contributed by atoms with van der Waals surface area (Å²) in [6.45, 7) is 11.9. The fourth-order valence-electron chi connectivity index (χ4n) is 2.27. The Hall–Kier alpha value is -1.31. The third kappa shape index (κ3) is 13.5. The second kappa shape index (κ2) is 13.8. The topological polar surface area (TPSA) is 107 Å². The SMILES string of the molecule is CCC(CC)OC(=O)OCOP(=O)(CC(C)(C)C)OCOC(=O)OC(CC)CC. The van der Waals surface area contributed by atoms with Crippen molar-refractivity contribution in [3.05, 3.63) is 0 Å². The lowest BCUT2D eigenvalue weighted by Gasteiger charge is -2.25. The minimum Gasteiger partial charge on any atom is -0.431 e. The third-order valence-electron chi connectivity index (χ3n) is 3.87. The van der Waals surface area contributed by atoms with Crippen LogP contribution in [-0.2, 0) is 32.6 Å². The van der Waals surface area contributed by atoms with Crippen molar-refractivity contribution in [2.24, 2.45) is 5.41 Å². The lowest BCUT2D eigenvalue weighted by atomic mass is 10.0. The van der Waals surface area contributed by atoms with Gasteiger partial charge in [0.1, 0.15) is 12.2 Å². The van der Waals surface area contributed by atoms with Gasteiger partial charge < -0.3 is 18.9 Å². The molecule has 9 nitrogen and oxygen atoms in total. The molecule has 0 saturated carbocycles. The summed E-state index contributed by atoms with van der Waals surface area (Å²) in [6, 6.07) is 0. The van der Waals surface area contributed by atoms with Gasteiger partial charge in [-0.3, -0.25) is 13.6 Å². The Balaban J connectivity index is 4.64. The Bertz CT molecular complexity index is 486. The molecule has 0 spiro atoms. The van der Waals surface area contributed by atoms with Crippen LogP contribution in [0.3, 0.4) is 0 Å². The third-order valence-corrected chi connectivity index (χ3v) is 6.20. The van der Waals surface area contributed by atoms with Gasteiger partial charge in [-0.25, -0.2) is 9.59 Å². The fraction of sp³-hybridized carbons (Fsp3) is 0.895. The highest BCUT2D eigenvalue weighted by Crippen LogP contribution is 2.52. The highest BCUT2D eigenvalue weighted by atomic mass is 31.2. The zero-order valence-electron chi connectivity index (χ0n) is 18.7. The Labute approximate surface area is 174 Å². The van der Waals surface area contributed by atoms with Crippen LogP contribution in [0, 0.1) is 5.41 Å². The van der Waals surface area contributed by atoms with Crippen molar-refractivity contribution in [2.75, 3.05) is 19.7 Å². The molecule has 0 rings (SSSR count). The van der Waals surface area contributed by atoms with Gasteiger partial charge in [-0.05, 0) is 31.1 Å². The number of hydrogen-bond acceptors (Lipinski definition) is 9. The van der Waals surface area contributed by atoms with E-state index in [9.17, 15) is 14.2 Å². The van der Waals surface area contributed by atoms with Gasteiger partial charge in [0.05, 0.1) is 6.16 Å². The average Bonchev–Trinajstić information content (AvgIpc) is 2.62. The summed E-state index contributed by atoms with van der Waals surface area (Å²) in [5, 5.41) is 0. The van der Waals surface area contributed by atoms with Crippen LogP contribution in [0.25, 0.3) is 0 Å².